The van der Waals surface area contributed by atoms with Gasteiger partial charge in [0.2, 0.25) is 0 Å². The lowest BCUT2D eigenvalue weighted by Crippen LogP contribution is -2.07. The first kappa shape index (κ1) is 13.6. The van der Waals surface area contributed by atoms with Gasteiger partial charge in [-0.1, -0.05) is 32.9 Å². The van der Waals surface area contributed by atoms with Gasteiger partial charge in [-0.2, -0.15) is 5.10 Å². The molecule has 1 heterocycles. The van der Waals surface area contributed by atoms with Crippen LogP contribution < -0.4 is 4.74 Å². The highest BCUT2D eigenvalue weighted by Gasteiger charge is 2.12. The second-order valence-corrected chi connectivity index (χ2v) is 5.01. The van der Waals surface area contributed by atoms with Crippen molar-refractivity contribution in [2.45, 2.75) is 33.7 Å². The Balaban J connectivity index is 2.30. The average Bonchev–Trinajstić information content (AvgIpc) is 2.85. The molecule has 0 atom stereocenters. The molecule has 1 aromatic heterocycles. The number of rotatable bonds is 6. The Bertz CT molecular complexity index is 520. The van der Waals surface area contributed by atoms with Crippen molar-refractivity contribution in [2.75, 3.05) is 6.61 Å². The second-order valence-electron chi connectivity index (χ2n) is 5.01. The van der Waals surface area contributed by atoms with E-state index in [9.17, 15) is 0 Å². The van der Waals surface area contributed by atoms with Crippen LogP contribution in [0.2, 0.25) is 0 Å². The number of ether oxygens (including phenoxy) is 1. The van der Waals surface area contributed by atoms with Crippen molar-refractivity contribution >= 4 is 0 Å². The first-order valence-corrected chi connectivity index (χ1v) is 6.82. The smallest absolute Gasteiger partial charge is 0.161 e. The van der Waals surface area contributed by atoms with Crippen LogP contribution in [0.4, 0.5) is 0 Å². The summed E-state index contributed by atoms with van der Waals surface area (Å²) in [5, 5.41) is 4.27. The maximum atomic E-state index is 5.87. The minimum Gasteiger partial charge on any atom is -0.493 e. The number of nitrogens with zero attached hydrogens (tertiary/aromatic N) is 3. The van der Waals surface area contributed by atoms with Crippen molar-refractivity contribution < 1.29 is 4.74 Å². The Labute approximate surface area is 114 Å². The standard InChI is InChI=1S/C15H21N3O/c1-4-9-18-15(16-11-17-18)13-7-5-6-8-14(13)19-10-12(2)3/h5-8,11-12H,4,9-10H2,1-3H3. The zero-order valence-electron chi connectivity index (χ0n) is 11.8. The quantitative estimate of drug-likeness (QED) is 0.798. The molecule has 0 unspecified atom stereocenters. The summed E-state index contributed by atoms with van der Waals surface area (Å²) in [4.78, 5) is 4.36. The van der Waals surface area contributed by atoms with Crippen molar-refractivity contribution in [3.63, 3.8) is 0 Å². The second kappa shape index (κ2) is 6.36. The van der Waals surface area contributed by atoms with E-state index in [1.807, 2.05) is 28.9 Å². The molecule has 0 aliphatic heterocycles. The van der Waals surface area contributed by atoms with Gasteiger partial charge in [0.1, 0.15) is 12.1 Å². The SMILES string of the molecule is CCCn1ncnc1-c1ccccc1OCC(C)C. The van der Waals surface area contributed by atoms with Gasteiger partial charge >= 0.3 is 0 Å². The molecule has 0 radical (unpaired) electrons. The van der Waals surface area contributed by atoms with E-state index in [4.69, 9.17) is 4.74 Å². The van der Waals surface area contributed by atoms with Crippen LogP contribution in [-0.2, 0) is 6.54 Å². The summed E-state index contributed by atoms with van der Waals surface area (Å²) in [6.07, 6.45) is 2.63. The molecular weight excluding hydrogens is 238 g/mol. The van der Waals surface area contributed by atoms with Crippen molar-refractivity contribution in [3.05, 3.63) is 30.6 Å². The molecule has 0 fully saturated rings. The molecule has 0 N–H and O–H groups in total. The third-order valence-electron chi connectivity index (χ3n) is 2.75. The Morgan fingerprint density at radius 3 is 2.79 bits per heavy atom. The summed E-state index contributed by atoms with van der Waals surface area (Å²) < 4.78 is 7.80. The predicted molar refractivity (Wildman–Crippen MR) is 76.1 cm³/mol. The van der Waals surface area contributed by atoms with E-state index in [1.54, 1.807) is 6.33 Å². The predicted octanol–water partition coefficient (Wildman–Crippen LogP) is 3.39. The monoisotopic (exact) mass is 259 g/mol. The van der Waals surface area contributed by atoms with Gasteiger partial charge in [0, 0.05) is 6.54 Å². The summed E-state index contributed by atoms with van der Waals surface area (Å²) in [7, 11) is 0. The van der Waals surface area contributed by atoms with E-state index in [0.717, 1.165) is 30.1 Å². The maximum absolute atomic E-state index is 5.87. The fourth-order valence-electron chi connectivity index (χ4n) is 1.88. The van der Waals surface area contributed by atoms with E-state index in [2.05, 4.69) is 30.9 Å². The lowest BCUT2D eigenvalue weighted by Gasteiger charge is -2.13. The van der Waals surface area contributed by atoms with Gasteiger partial charge in [0.05, 0.1) is 12.2 Å². The third kappa shape index (κ3) is 3.34. The van der Waals surface area contributed by atoms with E-state index >= 15 is 0 Å². The highest BCUT2D eigenvalue weighted by atomic mass is 16.5. The van der Waals surface area contributed by atoms with E-state index in [-0.39, 0.29) is 0 Å². The number of aryl methyl sites for hydroxylation is 1. The minimum absolute atomic E-state index is 0.501. The summed E-state index contributed by atoms with van der Waals surface area (Å²) in [5.41, 5.74) is 1.01. The van der Waals surface area contributed by atoms with Crippen LogP contribution in [0.3, 0.4) is 0 Å². The molecule has 2 aromatic rings. The molecule has 4 nitrogen and oxygen atoms in total. The molecule has 0 spiro atoms. The van der Waals surface area contributed by atoms with Crippen LogP contribution in [0.15, 0.2) is 30.6 Å². The molecule has 2 rings (SSSR count). The lowest BCUT2D eigenvalue weighted by atomic mass is 10.2. The van der Waals surface area contributed by atoms with Crippen LogP contribution in [0.25, 0.3) is 11.4 Å². The van der Waals surface area contributed by atoms with Gasteiger partial charge in [-0.3, -0.25) is 0 Å². The van der Waals surface area contributed by atoms with Gasteiger partial charge in [0.15, 0.2) is 5.82 Å². The molecule has 102 valence electrons. The Morgan fingerprint density at radius 1 is 1.26 bits per heavy atom. The van der Waals surface area contributed by atoms with Gasteiger partial charge in [-0.25, -0.2) is 9.67 Å². The Morgan fingerprint density at radius 2 is 2.05 bits per heavy atom. The largest absolute Gasteiger partial charge is 0.493 e. The summed E-state index contributed by atoms with van der Waals surface area (Å²) in [6, 6.07) is 8.01. The molecule has 19 heavy (non-hydrogen) atoms. The van der Waals surface area contributed by atoms with Gasteiger partial charge in [-0.15, -0.1) is 0 Å². The number of aromatic nitrogens is 3. The van der Waals surface area contributed by atoms with E-state index < -0.39 is 0 Å². The number of benzene rings is 1. The molecule has 0 saturated carbocycles. The van der Waals surface area contributed by atoms with Crippen LogP contribution in [0.5, 0.6) is 5.75 Å². The van der Waals surface area contributed by atoms with Crippen molar-refractivity contribution in [1.29, 1.82) is 0 Å². The zero-order chi connectivity index (χ0) is 13.7. The fraction of sp³-hybridized carbons (Fsp3) is 0.467. The number of hydrogen-bond acceptors (Lipinski definition) is 3. The molecule has 0 aliphatic carbocycles. The van der Waals surface area contributed by atoms with Crippen LogP contribution in [0, 0.1) is 5.92 Å². The highest BCUT2D eigenvalue weighted by molar-refractivity contribution is 5.64. The van der Waals surface area contributed by atoms with E-state index in [0.29, 0.717) is 12.5 Å². The van der Waals surface area contributed by atoms with Crippen LogP contribution >= 0.6 is 0 Å². The fourth-order valence-corrected chi connectivity index (χ4v) is 1.88. The number of para-hydroxylation sites is 1. The molecule has 4 heteroatoms. The van der Waals surface area contributed by atoms with Gasteiger partial charge in [-0.05, 0) is 24.5 Å². The van der Waals surface area contributed by atoms with Crippen molar-refractivity contribution in [2.24, 2.45) is 5.92 Å². The molecule has 0 aliphatic rings. The normalized spacial score (nSPS) is 10.9. The van der Waals surface area contributed by atoms with Crippen molar-refractivity contribution in [3.8, 4) is 17.1 Å². The molecule has 1 aromatic carbocycles. The van der Waals surface area contributed by atoms with Gasteiger partial charge in [0.25, 0.3) is 0 Å². The minimum atomic E-state index is 0.501. The topological polar surface area (TPSA) is 39.9 Å². The molecule has 0 amide bonds. The Kier molecular flexibility index (Phi) is 4.55. The average molecular weight is 259 g/mol. The summed E-state index contributed by atoms with van der Waals surface area (Å²) in [5.74, 6) is 2.25. The van der Waals surface area contributed by atoms with E-state index in [1.165, 1.54) is 0 Å². The summed E-state index contributed by atoms with van der Waals surface area (Å²) in [6.45, 7) is 7.99. The molecule has 0 bridgehead atoms. The van der Waals surface area contributed by atoms with Gasteiger partial charge < -0.3 is 4.74 Å². The van der Waals surface area contributed by atoms with Crippen LogP contribution in [-0.4, -0.2) is 21.4 Å². The number of hydrogen-bond donors (Lipinski definition) is 0. The molecular formula is C15H21N3O. The van der Waals surface area contributed by atoms with Crippen LogP contribution in [0.1, 0.15) is 27.2 Å². The maximum Gasteiger partial charge on any atom is 0.161 e. The first-order chi connectivity index (χ1) is 9.22. The zero-order valence-corrected chi connectivity index (χ0v) is 11.8. The molecule has 0 saturated heterocycles. The van der Waals surface area contributed by atoms with Crippen molar-refractivity contribution in [1.82, 2.24) is 14.8 Å². The highest BCUT2D eigenvalue weighted by Crippen LogP contribution is 2.28. The third-order valence-corrected chi connectivity index (χ3v) is 2.75. The first-order valence-electron chi connectivity index (χ1n) is 6.82. The Hall–Kier alpha value is -1.84. The lowest BCUT2D eigenvalue weighted by molar-refractivity contribution is 0.272. The summed E-state index contributed by atoms with van der Waals surface area (Å²) >= 11 is 0.